The third kappa shape index (κ3) is 3.81. The summed E-state index contributed by atoms with van der Waals surface area (Å²) in [5.41, 5.74) is 2.56. The zero-order valence-corrected chi connectivity index (χ0v) is 16.8. The number of amides is 1. The van der Waals surface area contributed by atoms with Crippen LogP contribution in [0.3, 0.4) is 0 Å². The largest absolute Gasteiger partial charge is 0.349 e. The first-order valence-corrected chi connectivity index (χ1v) is 11.8. The van der Waals surface area contributed by atoms with Crippen LogP contribution in [0.2, 0.25) is 0 Å². The Morgan fingerprint density at radius 1 is 1.07 bits per heavy atom. The second-order valence-corrected chi connectivity index (χ2v) is 10.4. The van der Waals surface area contributed by atoms with Gasteiger partial charge in [0.15, 0.2) is 0 Å². The molecule has 144 valence electrons. The fourth-order valence-corrected chi connectivity index (χ4v) is 6.70. The van der Waals surface area contributed by atoms with Crippen LogP contribution in [0.4, 0.5) is 0 Å². The molecular weight excluding hydrogens is 380 g/mol. The quantitative estimate of drug-likeness (QED) is 0.850. The molecule has 2 heterocycles. The number of sulfonamides is 1. The van der Waals surface area contributed by atoms with Gasteiger partial charge in [0.25, 0.3) is 10.0 Å². The summed E-state index contributed by atoms with van der Waals surface area (Å²) in [6, 6.07) is 11.8. The highest BCUT2D eigenvalue weighted by atomic mass is 32.2. The van der Waals surface area contributed by atoms with Crippen LogP contribution in [-0.2, 0) is 21.2 Å². The number of benzene rings is 1. The molecule has 27 heavy (non-hydrogen) atoms. The highest BCUT2D eigenvalue weighted by Crippen LogP contribution is 2.31. The molecule has 0 bridgehead atoms. The van der Waals surface area contributed by atoms with Gasteiger partial charge in [-0.1, -0.05) is 30.3 Å². The van der Waals surface area contributed by atoms with Gasteiger partial charge in [-0.2, -0.15) is 4.31 Å². The van der Waals surface area contributed by atoms with Crippen LogP contribution >= 0.6 is 11.3 Å². The lowest BCUT2D eigenvalue weighted by molar-refractivity contribution is -0.127. The number of aryl methyl sites for hydroxylation is 1. The van der Waals surface area contributed by atoms with Crippen molar-refractivity contribution >= 4 is 27.3 Å². The number of carbonyl (C=O) groups excluding carboxylic acids is 1. The van der Waals surface area contributed by atoms with E-state index in [0.29, 0.717) is 30.1 Å². The molecule has 1 N–H and O–H groups in total. The summed E-state index contributed by atoms with van der Waals surface area (Å²) >= 11 is 1.24. The van der Waals surface area contributed by atoms with Crippen molar-refractivity contribution in [3.8, 4) is 0 Å². The number of hydrogen-bond donors (Lipinski definition) is 1. The van der Waals surface area contributed by atoms with Crippen molar-refractivity contribution in [1.82, 2.24) is 9.62 Å². The van der Waals surface area contributed by atoms with E-state index in [1.165, 1.54) is 26.8 Å². The molecule has 1 aliphatic heterocycles. The Hall–Kier alpha value is -1.70. The third-order valence-corrected chi connectivity index (χ3v) is 8.87. The number of thiophene rings is 1. The lowest BCUT2D eigenvalue weighted by atomic mass is 9.87. The normalized spacial score (nSPS) is 21.6. The Labute approximate surface area is 164 Å². The Morgan fingerprint density at radius 2 is 1.85 bits per heavy atom. The van der Waals surface area contributed by atoms with E-state index < -0.39 is 10.0 Å². The highest BCUT2D eigenvalue weighted by molar-refractivity contribution is 7.91. The van der Waals surface area contributed by atoms with Crippen LogP contribution in [0.1, 0.15) is 42.9 Å². The van der Waals surface area contributed by atoms with E-state index in [9.17, 15) is 13.2 Å². The van der Waals surface area contributed by atoms with Crippen LogP contribution in [0, 0.1) is 5.92 Å². The lowest BCUT2D eigenvalue weighted by Gasteiger charge is -2.32. The van der Waals surface area contributed by atoms with Crippen molar-refractivity contribution in [2.45, 2.75) is 42.4 Å². The summed E-state index contributed by atoms with van der Waals surface area (Å²) < 4.78 is 27.1. The van der Waals surface area contributed by atoms with Gasteiger partial charge >= 0.3 is 0 Å². The van der Waals surface area contributed by atoms with Crippen LogP contribution in [0.15, 0.2) is 46.0 Å². The maximum atomic E-state index is 12.8. The first-order chi connectivity index (χ1) is 13.1. The SMILES string of the molecule is O=C(N[C@@H]1CCCc2ccccc21)C1CCN(S(=O)(=O)c2cccs2)CC1. The number of nitrogens with one attached hydrogen (secondary N) is 1. The van der Waals surface area contributed by atoms with Crippen molar-refractivity contribution in [3.05, 3.63) is 52.9 Å². The Morgan fingerprint density at radius 3 is 2.59 bits per heavy atom. The maximum Gasteiger partial charge on any atom is 0.252 e. The van der Waals surface area contributed by atoms with E-state index in [-0.39, 0.29) is 17.9 Å². The van der Waals surface area contributed by atoms with Gasteiger partial charge in [-0.15, -0.1) is 11.3 Å². The average molecular weight is 405 g/mol. The van der Waals surface area contributed by atoms with E-state index in [4.69, 9.17) is 0 Å². The second kappa shape index (κ2) is 7.73. The van der Waals surface area contributed by atoms with E-state index in [2.05, 4.69) is 17.4 Å². The minimum Gasteiger partial charge on any atom is -0.349 e. The van der Waals surface area contributed by atoms with E-state index in [0.717, 1.165) is 19.3 Å². The number of rotatable bonds is 4. The zero-order chi connectivity index (χ0) is 18.9. The highest BCUT2D eigenvalue weighted by Gasteiger charge is 2.33. The van der Waals surface area contributed by atoms with Crippen molar-refractivity contribution in [1.29, 1.82) is 0 Å². The first kappa shape index (κ1) is 18.7. The fraction of sp³-hybridized carbons (Fsp3) is 0.450. The molecule has 5 nitrogen and oxygen atoms in total. The predicted octanol–water partition coefficient (Wildman–Crippen LogP) is 3.34. The van der Waals surface area contributed by atoms with Crippen molar-refractivity contribution in [3.63, 3.8) is 0 Å². The van der Waals surface area contributed by atoms with Gasteiger partial charge in [0.05, 0.1) is 6.04 Å². The molecular formula is C20H24N2O3S2. The van der Waals surface area contributed by atoms with Crippen LogP contribution in [-0.4, -0.2) is 31.7 Å². The number of piperidine rings is 1. The molecule has 1 saturated heterocycles. The van der Waals surface area contributed by atoms with Crippen LogP contribution in [0.5, 0.6) is 0 Å². The molecule has 7 heteroatoms. The molecule has 1 fully saturated rings. The minimum absolute atomic E-state index is 0.0601. The molecule has 0 radical (unpaired) electrons. The van der Waals surface area contributed by atoms with Crippen molar-refractivity contribution in [2.75, 3.05) is 13.1 Å². The van der Waals surface area contributed by atoms with Gasteiger partial charge in [-0.3, -0.25) is 4.79 Å². The molecule has 1 aromatic carbocycles. The van der Waals surface area contributed by atoms with E-state index >= 15 is 0 Å². The molecule has 0 unspecified atom stereocenters. The molecule has 2 aliphatic rings. The summed E-state index contributed by atoms with van der Waals surface area (Å²) in [4.78, 5) is 12.8. The van der Waals surface area contributed by atoms with Gasteiger partial charge in [-0.05, 0) is 54.7 Å². The van der Waals surface area contributed by atoms with Crippen molar-refractivity contribution in [2.24, 2.45) is 5.92 Å². The van der Waals surface area contributed by atoms with E-state index in [1.807, 2.05) is 12.1 Å². The number of nitrogens with zero attached hydrogens (tertiary/aromatic N) is 1. The first-order valence-electron chi connectivity index (χ1n) is 9.47. The summed E-state index contributed by atoms with van der Waals surface area (Å²) in [7, 11) is -3.41. The minimum atomic E-state index is -3.41. The van der Waals surface area contributed by atoms with Crippen LogP contribution < -0.4 is 5.32 Å². The van der Waals surface area contributed by atoms with Gasteiger partial charge < -0.3 is 5.32 Å². The fourth-order valence-electron chi connectivity index (χ4n) is 4.09. The molecule has 1 aromatic heterocycles. The molecule has 1 atom stereocenters. The Balaban J connectivity index is 1.37. The Bertz CT molecular complexity index is 901. The summed E-state index contributed by atoms with van der Waals surface area (Å²) in [6.45, 7) is 0.805. The molecule has 1 amide bonds. The molecule has 2 aromatic rings. The smallest absolute Gasteiger partial charge is 0.252 e. The van der Waals surface area contributed by atoms with E-state index in [1.54, 1.807) is 17.5 Å². The van der Waals surface area contributed by atoms with Gasteiger partial charge in [0.1, 0.15) is 4.21 Å². The standard InChI is InChI=1S/C20H24N2O3S2/c23-20(21-18-8-3-6-15-5-1-2-7-17(15)18)16-10-12-22(13-11-16)27(24,25)19-9-4-14-26-19/h1-2,4-5,7,9,14,16,18H,3,6,8,10-13H2,(H,21,23)/t18-/m1/s1. The summed E-state index contributed by atoms with van der Waals surface area (Å²) in [5, 5.41) is 4.99. The second-order valence-electron chi connectivity index (χ2n) is 7.26. The number of fused-ring (bicyclic) bond motifs is 1. The number of carbonyl (C=O) groups is 1. The maximum absolute atomic E-state index is 12.8. The van der Waals surface area contributed by atoms with Crippen LogP contribution in [0.25, 0.3) is 0 Å². The lowest BCUT2D eigenvalue weighted by Crippen LogP contribution is -2.43. The van der Waals surface area contributed by atoms with Crippen molar-refractivity contribution < 1.29 is 13.2 Å². The average Bonchev–Trinajstić information content (AvgIpc) is 3.24. The van der Waals surface area contributed by atoms with Gasteiger partial charge in [0.2, 0.25) is 5.91 Å². The molecule has 0 spiro atoms. The van der Waals surface area contributed by atoms with Gasteiger partial charge in [0, 0.05) is 19.0 Å². The number of hydrogen-bond acceptors (Lipinski definition) is 4. The van der Waals surface area contributed by atoms with Gasteiger partial charge in [-0.25, -0.2) is 8.42 Å². The predicted molar refractivity (Wildman–Crippen MR) is 106 cm³/mol. The summed E-state index contributed by atoms with van der Waals surface area (Å²) in [5.74, 6) is -0.0567. The third-order valence-electron chi connectivity index (χ3n) is 5.60. The summed E-state index contributed by atoms with van der Waals surface area (Å²) in [6.07, 6.45) is 4.27. The zero-order valence-electron chi connectivity index (χ0n) is 15.1. The molecule has 4 rings (SSSR count). The monoisotopic (exact) mass is 404 g/mol. The Kier molecular flexibility index (Phi) is 5.34. The topological polar surface area (TPSA) is 66.5 Å². The molecule has 1 aliphatic carbocycles. The molecule has 0 saturated carbocycles.